The van der Waals surface area contributed by atoms with Gasteiger partial charge in [0.15, 0.2) is 6.10 Å². The van der Waals surface area contributed by atoms with Crippen molar-refractivity contribution in [1.82, 2.24) is 0 Å². The van der Waals surface area contributed by atoms with Crippen molar-refractivity contribution in [3.05, 3.63) is 12.3 Å². The van der Waals surface area contributed by atoms with Gasteiger partial charge in [0.1, 0.15) is 0 Å². The van der Waals surface area contributed by atoms with Crippen LogP contribution >= 0.6 is 0 Å². The first kappa shape index (κ1) is 8.11. The Bertz CT molecular complexity index is 174. The minimum atomic E-state index is -0.403. The highest BCUT2D eigenvalue weighted by Gasteiger charge is 2.23. The molecule has 0 saturated heterocycles. The van der Waals surface area contributed by atoms with Gasteiger partial charge in [0.05, 0.1) is 13.4 Å². The Morgan fingerprint density at radius 1 is 1.73 bits per heavy atom. The van der Waals surface area contributed by atoms with E-state index >= 15 is 0 Å². The molecule has 62 valence electrons. The fraction of sp³-hybridized carbons (Fsp3) is 0.625. The van der Waals surface area contributed by atoms with Crippen LogP contribution in [0, 0.1) is 5.92 Å². The third-order valence-corrected chi connectivity index (χ3v) is 1.70. The van der Waals surface area contributed by atoms with Gasteiger partial charge in [0, 0.05) is 6.42 Å². The van der Waals surface area contributed by atoms with E-state index in [0.29, 0.717) is 12.3 Å². The van der Waals surface area contributed by atoms with Gasteiger partial charge in [-0.05, 0) is 12.0 Å². The van der Waals surface area contributed by atoms with Gasteiger partial charge in [0.25, 0.3) is 0 Å². The van der Waals surface area contributed by atoms with E-state index in [4.69, 9.17) is 4.74 Å². The molecular weight excluding hydrogens is 144 g/mol. The molecule has 0 aromatic rings. The first-order chi connectivity index (χ1) is 5.24. The van der Waals surface area contributed by atoms with E-state index in [1.807, 2.05) is 13.0 Å². The molecule has 1 rings (SSSR count). The molecule has 0 saturated carbocycles. The minimum Gasteiger partial charge on any atom is -0.487 e. The summed E-state index contributed by atoms with van der Waals surface area (Å²) in [4.78, 5) is 10.9. The molecule has 1 heterocycles. The molecule has 0 aromatic carbocycles. The van der Waals surface area contributed by atoms with Gasteiger partial charge < -0.3 is 9.47 Å². The Morgan fingerprint density at radius 3 is 3.00 bits per heavy atom. The summed E-state index contributed by atoms with van der Waals surface area (Å²) in [6, 6.07) is 0. The molecule has 0 fully saturated rings. The Morgan fingerprint density at radius 2 is 2.45 bits per heavy atom. The van der Waals surface area contributed by atoms with E-state index in [-0.39, 0.29) is 5.97 Å². The number of methoxy groups -OCH3 is 1. The lowest BCUT2D eigenvalue weighted by Crippen LogP contribution is -2.27. The number of rotatable bonds is 1. The molecule has 0 amide bonds. The van der Waals surface area contributed by atoms with Crippen molar-refractivity contribution in [1.29, 1.82) is 0 Å². The topological polar surface area (TPSA) is 35.5 Å². The van der Waals surface area contributed by atoms with Crippen molar-refractivity contribution in [2.45, 2.75) is 19.4 Å². The predicted octanol–water partition coefficient (Wildman–Crippen LogP) is 1.10. The van der Waals surface area contributed by atoms with E-state index in [2.05, 4.69) is 4.74 Å². The van der Waals surface area contributed by atoms with Crippen molar-refractivity contribution >= 4 is 5.97 Å². The number of carbonyl (C=O) groups is 1. The van der Waals surface area contributed by atoms with Crippen LogP contribution in [0.4, 0.5) is 0 Å². The monoisotopic (exact) mass is 156 g/mol. The van der Waals surface area contributed by atoms with Crippen LogP contribution in [0.15, 0.2) is 12.3 Å². The first-order valence-electron chi connectivity index (χ1n) is 3.64. The lowest BCUT2D eigenvalue weighted by atomic mass is 10.0. The molecule has 0 aromatic heterocycles. The SMILES string of the molecule is COC(=O)[C@H]1CC(C)C=CO1. The Hall–Kier alpha value is -0.990. The minimum absolute atomic E-state index is 0.291. The molecule has 1 aliphatic rings. The highest BCUT2D eigenvalue weighted by molar-refractivity contribution is 5.74. The molecule has 11 heavy (non-hydrogen) atoms. The zero-order chi connectivity index (χ0) is 8.27. The van der Waals surface area contributed by atoms with E-state index in [1.54, 1.807) is 6.26 Å². The Labute approximate surface area is 66.0 Å². The van der Waals surface area contributed by atoms with Crippen LogP contribution in [0.25, 0.3) is 0 Å². The van der Waals surface area contributed by atoms with Crippen LogP contribution in [-0.4, -0.2) is 19.2 Å². The number of carbonyl (C=O) groups excluding carboxylic acids is 1. The van der Waals surface area contributed by atoms with Crippen LogP contribution in [0.5, 0.6) is 0 Å². The molecule has 2 atom stereocenters. The fourth-order valence-corrected chi connectivity index (χ4v) is 1.03. The molecule has 1 unspecified atom stereocenters. The summed E-state index contributed by atoms with van der Waals surface area (Å²) in [5.74, 6) is 0.106. The van der Waals surface area contributed by atoms with Gasteiger partial charge in [-0.2, -0.15) is 0 Å². The highest BCUT2D eigenvalue weighted by atomic mass is 16.6. The molecular formula is C8H12O3. The van der Waals surface area contributed by atoms with Crippen LogP contribution in [0.1, 0.15) is 13.3 Å². The van der Waals surface area contributed by atoms with Gasteiger partial charge in [-0.25, -0.2) is 4.79 Å². The first-order valence-corrected chi connectivity index (χ1v) is 3.64. The smallest absolute Gasteiger partial charge is 0.347 e. The average molecular weight is 156 g/mol. The lowest BCUT2D eigenvalue weighted by molar-refractivity contribution is -0.152. The molecule has 3 nitrogen and oxygen atoms in total. The van der Waals surface area contributed by atoms with E-state index in [1.165, 1.54) is 7.11 Å². The summed E-state index contributed by atoms with van der Waals surface area (Å²) in [6.07, 6.45) is 3.80. The van der Waals surface area contributed by atoms with E-state index in [0.717, 1.165) is 0 Å². The number of esters is 1. The molecule has 0 aliphatic carbocycles. The second kappa shape index (κ2) is 3.42. The maximum absolute atomic E-state index is 10.9. The summed E-state index contributed by atoms with van der Waals surface area (Å²) in [6.45, 7) is 2.04. The molecule has 0 bridgehead atoms. The zero-order valence-corrected chi connectivity index (χ0v) is 6.74. The van der Waals surface area contributed by atoms with E-state index < -0.39 is 6.10 Å². The number of ether oxygens (including phenoxy) is 2. The predicted molar refractivity (Wildman–Crippen MR) is 39.8 cm³/mol. The molecule has 0 radical (unpaired) electrons. The third-order valence-electron chi connectivity index (χ3n) is 1.70. The largest absolute Gasteiger partial charge is 0.487 e. The number of hydrogen-bond donors (Lipinski definition) is 0. The summed E-state index contributed by atoms with van der Waals surface area (Å²) in [5, 5.41) is 0. The van der Waals surface area contributed by atoms with E-state index in [9.17, 15) is 4.79 Å². The van der Waals surface area contributed by atoms with Gasteiger partial charge in [-0.15, -0.1) is 0 Å². The Kier molecular flexibility index (Phi) is 2.52. The van der Waals surface area contributed by atoms with Crippen LogP contribution < -0.4 is 0 Å². The normalized spacial score (nSPS) is 29.3. The van der Waals surface area contributed by atoms with Crippen molar-refractivity contribution in [3.63, 3.8) is 0 Å². The maximum atomic E-state index is 10.9. The summed E-state index contributed by atoms with van der Waals surface area (Å²) >= 11 is 0. The van der Waals surface area contributed by atoms with Crippen molar-refractivity contribution in [3.8, 4) is 0 Å². The average Bonchev–Trinajstić information content (AvgIpc) is 2.03. The van der Waals surface area contributed by atoms with Gasteiger partial charge in [-0.3, -0.25) is 0 Å². The maximum Gasteiger partial charge on any atom is 0.347 e. The lowest BCUT2D eigenvalue weighted by Gasteiger charge is -2.20. The van der Waals surface area contributed by atoms with Gasteiger partial charge in [-0.1, -0.05) is 6.92 Å². The molecule has 3 heteroatoms. The van der Waals surface area contributed by atoms with Crippen LogP contribution in [0.3, 0.4) is 0 Å². The zero-order valence-electron chi connectivity index (χ0n) is 6.74. The second-order valence-electron chi connectivity index (χ2n) is 2.69. The second-order valence-corrected chi connectivity index (χ2v) is 2.69. The molecule has 0 N–H and O–H groups in total. The van der Waals surface area contributed by atoms with Gasteiger partial charge >= 0.3 is 5.97 Å². The third kappa shape index (κ3) is 1.97. The van der Waals surface area contributed by atoms with Crippen molar-refractivity contribution in [2.24, 2.45) is 5.92 Å². The molecule has 0 spiro atoms. The van der Waals surface area contributed by atoms with Crippen LogP contribution in [0.2, 0.25) is 0 Å². The number of hydrogen-bond acceptors (Lipinski definition) is 3. The van der Waals surface area contributed by atoms with Crippen LogP contribution in [-0.2, 0) is 14.3 Å². The van der Waals surface area contributed by atoms with Crippen molar-refractivity contribution in [2.75, 3.05) is 7.11 Å². The van der Waals surface area contributed by atoms with Gasteiger partial charge in [0.2, 0.25) is 0 Å². The number of allylic oxidation sites excluding steroid dienone is 1. The Balaban J connectivity index is 2.49. The fourth-order valence-electron chi connectivity index (χ4n) is 1.03. The summed E-state index contributed by atoms with van der Waals surface area (Å²) < 4.78 is 9.59. The quantitative estimate of drug-likeness (QED) is 0.533. The summed E-state index contributed by atoms with van der Waals surface area (Å²) in [5.41, 5.74) is 0. The molecule has 1 aliphatic heterocycles. The van der Waals surface area contributed by atoms with Crippen molar-refractivity contribution < 1.29 is 14.3 Å². The highest BCUT2D eigenvalue weighted by Crippen LogP contribution is 2.17. The standard InChI is InChI=1S/C8H12O3/c1-6-3-4-11-7(5-6)8(9)10-2/h3-4,6-7H,5H2,1-2H3/t6?,7-/m1/s1. The summed E-state index contributed by atoms with van der Waals surface area (Å²) in [7, 11) is 1.37.